The largest absolute Gasteiger partial charge is 0.478 e. The number of carboxylic acids is 1. The number of piperazine rings is 1. The van der Waals surface area contributed by atoms with E-state index in [0.717, 1.165) is 10.9 Å². The third-order valence-corrected chi connectivity index (χ3v) is 8.40. The highest BCUT2D eigenvalue weighted by Gasteiger charge is 2.50. The second-order valence-electron chi connectivity index (χ2n) is 12.3. The maximum absolute atomic E-state index is 13.9. The molecule has 4 aromatic rings. The highest BCUT2D eigenvalue weighted by Crippen LogP contribution is 2.34. The monoisotopic (exact) mass is 579 g/mol. The molecule has 2 saturated heterocycles. The topological polar surface area (TPSA) is 136 Å². The van der Waals surface area contributed by atoms with Gasteiger partial charge in [-0.15, -0.1) is 0 Å². The number of carboxylic acid groups (broad SMARTS) is 1. The summed E-state index contributed by atoms with van der Waals surface area (Å²) in [6, 6.07) is 18.3. The van der Waals surface area contributed by atoms with Crippen LogP contribution in [0.4, 0.5) is 0 Å². The fraction of sp³-hybridized carbons (Fsp3) is 0.303. The summed E-state index contributed by atoms with van der Waals surface area (Å²) in [7, 11) is 0. The molecule has 0 spiro atoms. The Hall–Kier alpha value is -4.99. The molecule has 2 aliphatic rings. The molecule has 0 unspecified atom stereocenters. The van der Waals surface area contributed by atoms with E-state index in [0.29, 0.717) is 36.3 Å². The normalized spacial score (nSPS) is 18.6. The quantitative estimate of drug-likeness (QED) is 0.313. The molecule has 6 rings (SSSR count). The first-order valence-corrected chi connectivity index (χ1v) is 14.3. The van der Waals surface area contributed by atoms with E-state index < -0.39 is 17.4 Å². The number of aromatic nitrogens is 2. The van der Waals surface area contributed by atoms with Crippen LogP contribution in [0.3, 0.4) is 0 Å². The second kappa shape index (κ2) is 10.7. The number of carbonyl (C=O) groups is 4. The number of likely N-dealkylation sites (tertiary alicyclic amines) is 2. The van der Waals surface area contributed by atoms with Crippen molar-refractivity contribution >= 4 is 34.6 Å². The number of nitrogens with one attached hydrogen (secondary N) is 2. The van der Waals surface area contributed by atoms with Gasteiger partial charge in [0.1, 0.15) is 17.4 Å². The Morgan fingerprint density at radius 2 is 1.65 bits per heavy atom. The number of fused-ring (bicyclic) bond motifs is 3. The number of benzene rings is 2. The van der Waals surface area contributed by atoms with Gasteiger partial charge in [-0.2, -0.15) is 0 Å². The van der Waals surface area contributed by atoms with Gasteiger partial charge >= 0.3 is 5.97 Å². The molecule has 3 atom stereocenters. The molecule has 10 nitrogen and oxygen atoms in total. The van der Waals surface area contributed by atoms with Gasteiger partial charge in [-0.05, 0) is 41.7 Å². The molecule has 0 saturated carbocycles. The summed E-state index contributed by atoms with van der Waals surface area (Å²) in [4.78, 5) is 63.1. The van der Waals surface area contributed by atoms with Crippen molar-refractivity contribution in [1.82, 2.24) is 25.1 Å². The molecule has 2 aromatic carbocycles. The Balaban J connectivity index is 1.13. The van der Waals surface area contributed by atoms with Crippen molar-refractivity contribution < 1.29 is 24.3 Å². The zero-order chi connectivity index (χ0) is 30.5. The number of carbonyl (C=O) groups excluding carboxylic acids is 3. The van der Waals surface area contributed by atoms with E-state index in [1.165, 1.54) is 12.3 Å². The molecule has 2 aliphatic heterocycles. The van der Waals surface area contributed by atoms with Crippen LogP contribution >= 0.6 is 0 Å². The van der Waals surface area contributed by atoms with Crippen LogP contribution in [0.15, 0.2) is 72.9 Å². The van der Waals surface area contributed by atoms with Crippen LogP contribution < -0.4 is 5.32 Å². The number of aromatic carboxylic acids is 1. The summed E-state index contributed by atoms with van der Waals surface area (Å²) in [6.45, 7) is 6.54. The van der Waals surface area contributed by atoms with Crippen molar-refractivity contribution in [2.24, 2.45) is 5.41 Å². The summed E-state index contributed by atoms with van der Waals surface area (Å²) in [5.41, 5.74) is 2.27. The molecule has 3 N–H and O–H groups in total. The van der Waals surface area contributed by atoms with Crippen LogP contribution in [-0.2, 0) is 4.79 Å². The molecule has 3 amide bonds. The van der Waals surface area contributed by atoms with Crippen molar-refractivity contribution in [2.75, 3.05) is 13.1 Å². The van der Waals surface area contributed by atoms with Crippen molar-refractivity contribution in [3.63, 3.8) is 0 Å². The van der Waals surface area contributed by atoms with E-state index in [-0.39, 0.29) is 41.1 Å². The Kier molecular flexibility index (Phi) is 7.00. The Morgan fingerprint density at radius 3 is 2.30 bits per heavy atom. The van der Waals surface area contributed by atoms with Gasteiger partial charge in [-0.1, -0.05) is 63.2 Å². The summed E-state index contributed by atoms with van der Waals surface area (Å²) >= 11 is 0. The van der Waals surface area contributed by atoms with Gasteiger partial charge in [-0.25, -0.2) is 4.79 Å². The summed E-state index contributed by atoms with van der Waals surface area (Å²) < 4.78 is 0. The first kappa shape index (κ1) is 28.1. The molecular formula is C33H33N5O5. The lowest BCUT2D eigenvalue weighted by Crippen LogP contribution is -2.59. The first-order chi connectivity index (χ1) is 20.5. The number of H-pyrrole nitrogens is 1. The summed E-state index contributed by atoms with van der Waals surface area (Å²) in [5, 5.41) is 13.4. The Labute approximate surface area is 248 Å². The van der Waals surface area contributed by atoms with E-state index >= 15 is 0 Å². The minimum atomic E-state index is -1.03. The third kappa shape index (κ3) is 5.24. The molecule has 220 valence electrons. The lowest BCUT2D eigenvalue weighted by Gasteiger charge is -2.39. The van der Waals surface area contributed by atoms with E-state index in [4.69, 9.17) is 0 Å². The third-order valence-electron chi connectivity index (χ3n) is 8.40. The fourth-order valence-corrected chi connectivity index (χ4v) is 6.15. The maximum atomic E-state index is 13.9. The number of hydrogen-bond donors (Lipinski definition) is 3. The number of para-hydroxylation sites is 1. The van der Waals surface area contributed by atoms with E-state index in [1.807, 2.05) is 45.0 Å². The molecular weight excluding hydrogens is 546 g/mol. The number of hydrogen-bond acceptors (Lipinski definition) is 5. The minimum absolute atomic E-state index is 0.152. The fourth-order valence-electron chi connectivity index (χ4n) is 6.15. The zero-order valence-corrected chi connectivity index (χ0v) is 24.2. The molecule has 2 aromatic heterocycles. The van der Waals surface area contributed by atoms with E-state index in [2.05, 4.69) is 15.3 Å². The number of pyridine rings is 1. The SMILES string of the molecule is CC(C)(C)[C@H](NC(=O)c1cc2ccccc2[nH]1)C(=O)N1C[C@@H]2C[C@H]1CN2C(=O)c1ccc(-c2ccccc2C(=O)O)cn1. The molecule has 0 aliphatic carbocycles. The van der Waals surface area contributed by atoms with Crippen molar-refractivity contribution in [2.45, 2.75) is 45.3 Å². The van der Waals surface area contributed by atoms with Gasteiger partial charge in [0.2, 0.25) is 5.91 Å². The van der Waals surface area contributed by atoms with Crippen LogP contribution in [0.2, 0.25) is 0 Å². The Bertz CT molecular complexity index is 1710. The molecule has 43 heavy (non-hydrogen) atoms. The van der Waals surface area contributed by atoms with Gasteiger partial charge in [0.25, 0.3) is 11.8 Å². The zero-order valence-electron chi connectivity index (χ0n) is 24.2. The Morgan fingerprint density at radius 1 is 0.953 bits per heavy atom. The van der Waals surface area contributed by atoms with E-state index in [1.54, 1.807) is 46.2 Å². The van der Waals surface area contributed by atoms with Crippen molar-refractivity contribution in [3.05, 3.63) is 89.9 Å². The van der Waals surface area contributed by atoms with Crippen LogP contribution in [0, 0.1) is 5.41 Å². The van der Waals surface area contributed by atoms with Crippen LogP contribution in [-0.4, -0.2) is 79.8 Å². The predicted octanol–water partition coefficient (Wildman–Crippen LogP) is 4.20. The van der Waals surface area contributed by atoms with Gasteiger partial charge in [0.15, 0.2) is 0 Å². The highest BCUT2D eigenvalue weighted by atomic mass is 16.4. The minimum Gasteiger partial charge on any atom is -0.478 e. The van der Waals surface area contributed by atoms with Gasteiger partial charge in [-0.3, -0.25) is 19.4 Å². The van der Waals surface area contributed by atoms with E-state index in [9.17, 15) is 24.3 Å². The average molecular weight is 580 g/mol. The highest BCUT2D eigenvalue weighted by molar-refractivity contribution is 6.01. The van der Waals surface area contributed by atoms with Crippen LogP contribution in [0.5, 0.6) is 0 Å². The lowest BCUT2D eigenvalue weighted by atomic mass is 9.85. The van der Waals surface area contributed by atoms with Gasteiger partial charge < -0.3 is 25.2 Å². The van der Waals surface area contributed by atoms with Gasteiger partial charge in [0, 0.05) is 35.8 Å². The molecule has 2 bridgehead atoms. The van der Waals surface area contributed by atoms with Crippen molar-refractivity contribution in [1.29, 1.82) is 0 Å². The van der Waals surface area contributed by atoms with Crippen LogP contribution in [0.1, 0.15) is 58.5 Å². The number of rotatable bonds is 6. The first-order valence-electron chi connectivity index (χ1n) is 14.3. The molecule has 10 heteroatoms. The van der Waals surface area contributed by atoms with Crippen molar-refractivity contribution in [3.8, 4) is 11.1 Å². The predicted molar refractivity (Wildman–Crippen MR) is 161 cm³/mol. The molecule has 2 fully saturated rings. The second-order valence-corrected chi connectivity index (χ2v) is 12.3. The number of nitrogens with zero attached hydrogens (tertiary/aromatic N) is 3. The van der Waals surface area contributed by atoms with Gasteiger partial charge in [0.05, 0.1) is 17.6 Å². The summed E-state index contributed by atoms with van der Waals surface area (Å²) in [5.74, 6) is -1.76. The standard InChI is InChI=1S/C33H33N5O5/c1-33(2,3)28(36-29(39)27-14-19-8-4-7-11-25(19)35-27)31(41)38-18-21-15-22(38)17-37(21)30(40)26-13-12-20(16-34-26)23-9-5-6-10-24(23)32(42)43/h4-14,16,21-22,28,35H,15,17-18H2,1-3H3,(H,36,39)(H,42,43)/t21-,22-,28+/m0/s1. The average Bonchev–Trinajstić information content (AvgIpc) is 3.73. The molecule has 4 heterocycles. The summed E-state index contributed by atoms with van der Waals surface area (Å²) in [6.07, 6.45) is 2.18. The number of amides is 3. The smallest absolute Gasteiger partial charge is 0.336 e. The lowest BCUT2D eigenvalue weighted by molar-refractivity contribution is -0.138. The number of aromatic amines is 1. The van der Waals surface area contributed by atoms with Crippen LogP contribution in [0.25, 0.3) is 22.0 Å². The maximum Gasteiger partial charge on any atom is 0.336 e. The molecule has 0 radical (unpaired) electrons.